The van der Waals surface area contributed by atoms with Crippen LogP contribution in [0.15, 0.2) is 29.6 Å². The van der Waals surface area contributed by atoms with Crippen LogP contribution in [0.1, 0.15) is 58.2 Å². The molecule has 4 rings (SSSR count). The molecule has 28 heavy (non-hydrogen) atoms. The van der Waals surface area contributed by atoms with Crippen LogP contribution in [-0.4, -0.2) is 41.3 Å². The van der Waals surface area contributed by atoms with Crippen molar-refractivity contribution in [1.29, 1.82) is 0 Å². The maximum atomic E-state index is 12.8. The zero-order valence-electron chi connectivity index (χ0n) is 16.3. The number of nitrogens with zero attached hydrogens (tertiary/aromatic N) is 2. The predicted molar refractivity (Wildman–Crippen MR) is 111 cm³/mol. The number of piperidine rings is 1. The maximum Gasteiger partial charge on any atom is 0.253 e. The van der Waals surface area contributed by atoms with Crippen LogP contribution in [0.2, 0.25) is 0 Å². The molecule has 5 nitrogen and oxygen atoms in total. The molecule has 6 heteroatoms. The largest absolute Gasteiger partial charge is 0.355 e. The van der Waals surface area contributed by atoms with Crippen molar-refractivity contribution in [1.82, 2.24) is 15.2 Å². The average molecular weight is 398 g/mol. The Morgan fingerprint density at radius 2 is 2.00 bits per heavy atom. The monoisotopic (exact) mass is 397 g/mol. The van der Waals surface area contributed by atoms with E-state index in [1.54, 1.807) is 11.3 Å². The lowest BCUT2D eigenvalue weighted by Crippen LogP contribution is -2.39. The van der Waals surface area contributed by atoms with E-state index in [1.165, 1.54) is 0 Å². The second-order valence-electron chi connectivity index (χ2n) is 7.95. The van der Waals surface area contributed by atoms with Gasteiger partial charge in [-0.2, -0.15) is 0 Å². The molecule has 1 saturated carbocycles. The zero-order valence-corrected chi connectivity index (χ0v) is 17.1. The molecular formula is C22H27N3O2S. The lowest BCUT2D eigenvalue weighted by molar-refractivity contribution is -0.122. The molecule has 1 saturated heterocycles. The fourth-order valence-corrected chi connectivity index (χ4v) is 4.65. The molecular weight excluding hydrogens is 370 g/mol. The van der Waals surface area contributed by atoms with Crippen LogP contribution in [-0.2, 0) is 11.2 Å². The summed E-state index contributed by atoms with van der Waals surface area (Å²) < 4.78 is 0. The molecule has 148 valence electrons. The second kappa shape index (κ2) is 8.43. The maximum absolute atomic E-state index is 12.8. The van der Waals surface area contributed by atoms with Crippen molar-refractivity contribution in [2.75, 3.05) is 19.6 Å². The Bertz CT molecular complexity index is 842. The fourth-order valence-electron chi connectivity index (χ4n) is 3.67. The SMILES string of the molecule is Cc1ccc(C(=O)N2CCCC(c3nc(CCNC(=O)C4CC4)cs3)C2)cc1. The predicted octanol–water partition coefficient (Wildman–Crippen LogP) is 3.54. The standard InChI is InChI=1S/C22H27N3O2S/c1-15-4-6-17(7-5-15)22(27)25-12-2-3-18(13-25)21-24-19(14-28-21)10-11-23-20(26)16-8-9-16/h4-7,14,16,18H,2-3,8-13H2,1H3,(H,23,26). The molecule has 1 atom stereocenters. The summed E-state index contributed by atoms with van der Waals surface area (Å²) in [7, 11) is 0. The average Bonchev–Trinajstić information content (AvgIpc) is 3.47. The zero-order chi connectivity index (χ0) is 19.5. The Hall–Kier alpha value is -2.21. The second-order valence-corrected chi connectivity index (χ2v) is 8.84. The highest BCUT2D eigenvalue weighted by atomic mass is 32.1. The highest BCUT2D eigenvalue weighted by Gasteiger charge is 2.29. The third kappa shape index (κ3) is 4.61. The van der Waals surface area contributed by atoms with Crippen molar-refractivity contribution in [3.8, 4) is 0 Å². The van der Waals surface area contributed by atoms with Gasteiger partial charge in [-0.1, -0.05) is 17.7 Å². The van der Waals surface area contributed by atoms with Crippen molar-refractivity contribution in [3.05, 3.63) is 51.5 Å². The first-order chi connectivity index (χ1) is 13.6. The van der Waals surface area contributed by atoms with Crippen LogP contribution < -0.4 is 5.32 Å². The Morgan fingerprint density at radius 1 is 1.21 bits per heavy atom. The van der Waals surface area contributed by atoms with Gasteiger partial charge < -0.3 is 10.2 Å². The van der Waals surface area contributed by atoms with Gasteiger partial charge in [0.25, 0.3) is 5.91 Å². The molecule has 2 aromatic rings. The van der Waals surface area contributed by atoms with E-state index in [9.17, 15) is 9.59 Å². The number of likely N-dealkylation sites (tertiary alicyclic amines) is 1. The number of nitrogens with one attached hydrogen (secondary N) is 1. The smallest absolute Gasteiger partial charge is 0.253 e. The highest BCUT2D eigenvalue weighted by Crippen LogP contribution is 2.30. The van der Waals surface area contributed by atoms with E-state index >= 15 is 0 Å². The van der Waals surface area contributed by atoms with E-state index in [2.05, 4.69) is 10.7 Å². The summed E-state index contributed by atoms with van der Waals surface area (Å²) in [5.74, 6) is 0.866. The third-order valence-electron chi connectivity index (χ3n) is 5.55. The van der Waals surface area contributed by atoms with Crippen LogP contribution >= 0.6 is 11.3 Å². The van der Waals surface area contributed by atoms with Gasteiger partial charge in [0.2, 0.25) is 5.91 Å². The van der Waals surface area contributed by atoms with E-state index in [-0.39, 0.29) is 17.7 Å². The molecule has 2 aliphatic rings. The molecule has 0 bridgehead atoms. The van der Waals surface area contributed by atoms with E-state index in [1.807, 2.05) is 36.1 Å². The van der Waals surface area contributed by atoms with Gasteiger partial charge in [-0.25, -0.2) is 4.98 Å². The van der Waals surface area contributed by atoms with Gasteiger partial charge in [0.05, 0.1) is 10.7 Å². The van der Waals surface area contributed by atoms with Gasteiger partial charge in [-0.15, -0.1) is 11.3 Å². The van der Waals surface area contributed by atoms with Gasteiger partial charge in [0, 0.05) is 48.8 Å². The minimum absolute atomic E-state index is 0.115. The molecule has 2 fully saturated rings. The van der Waals surface area contributed by atoms with Crippen LogP contribution in [0.25, 0.3) is 0 Å². The molecule has 2 heterocycles. The summed E-state index contributed by atoms with van der Waals surface area (Å²) in [6, 6.07) is 7.81. The summed E-state index contributed by atoms with van der Waals surface area (Å²) in [5, 5.41) is 6.21. The van der Waals surface area contributed by atoms with E-state index in [4.69, 9.17) is 4.98 Å². The molecule has 2 amide bonds. The van der Waals surface area contributed by atoms with E-state index in [0.717, 1.165) is 67.0 Å². The first-order valence-electron chi connectivity index (χ1n) is 10.2. The Kier molecular flexibility index (Phi) is 5.76. The van der Waals surface area contributed by atoms with E-state index in [0.29, 0.717) is 12.5 Å². The Balaban J connectivity index is 1.32. The lowest BCUT2D eigenvalue weighted by Gasteiger charge is -2.32. The molecule has 1 N–H and O–H groups in total. The summed E-state index contributed by atoms with van der Waals surface area (Å²) in [4.78, 5) is 31.3. The van der Waals surface area contributed by atoms with Crippen molar-refractivity contribution in [2.45, 2.75) is 44.9 Å². The fraction of sp³-hybridized carbons (Fsp3) is 0.500. The topological polar surface area (TPSA) is 62.3 Å². The number of amides is 2. The van der Waals surface area contributed by atoms with Gasteiger partial charge in [-0.3, -0.25) is 9.59 Å². The summed E-state index contributed by atoms with van der Waals surface area (Å²) >= 11 is 1.68. The molecule has 1 aromatic carbocycles. The number of carbonyl (C=O) groups is 2. The first-order valence-corrected chi connectivity index (χ1v) is 11.1. The molecule has 0 radical (unpaired) electrons. The quantitative estimate of drug-likeness (QED) is 0.811. The molecule has 1 aliphatic carbocycles. The minimum atomic E-state index is 0.115. The number of thiazole rings is 1. The Morgan fingerprint density at radius 3 is 2.75 bits per heavy atom. The number of carbonyl (C=O) groups excluding carboxylic acids is 2. The van der Waals surface area contributed by atoms with Crippen molar-refractivity contribution < 1.29 is 9.59 Å². The summed E-state index contributed by atoms with van der Waals surface area (Å²) in [6.45, 7) is 4.23. The number of benzene rings is 1. The van der Waals surface area contributed by atoms with Crippen molar-refractivity contribution in [2.24, 2.45) is 5.92 Å². The Labute approximate surface area is 170 Å². The first kappa shape index (κ1) is 19.1. The van der Waals surface area contributed by atoms with Crippen molar-refractivity contribution in [3.63, 3.8) is 0 Å². The summed E-state index contributed by atoms with van der Waals surface area (Å²) in [6.07, 6.45) is 4.92. The van der Waals surface area contributed by atoms with Gasteiger partial charge in [0.15, 0.2) is 0 Å². The van der Waals surface area contributed by atoms with Crippen LogP contribution in [0, 0.1) is 12.8 Å². The molecule has 1 unspecified atom stereocenters. The van der Waals surface area contributed by atoms with Crippen LogP contribution in [0.5, 0.6) is 0 Å². The lowest BCUT2D eigenvalue weighted by atomic mass is 9.98. The number of hydrogen-bond donors (Lipinski definition) is 1. The molecule has 1 aliphatic heterocycles. The number of hydrogen-bond acceptors (Lipinski definition) is 4. The molecule has 0 spiro atoms. The van der Waals surface area contributed by atoms with Gasteiger partial charge in [-0.05, 0) is 44.7 Å². The number of rotatable bonds is 6. The minimum Gasteiger partial charge on any atom is -0.355 e. The van der Waals surface area contributed by atoms with Crippen molar-refractivity contribution >= 4 is 23.2 Å². The number of aryl methyl sites for hydroxylation is 1. The normalized spacial score (nSPS) is 19.5. The number of aromatic nitrogens is 1. The van der Waals surface area contributed by atoms with Gasteiger partial charge >= 0.3 is 0 Å². The molecule has 1 aromatic heterocycles. The van der Waals surface area contributed by atoms with Crippen LogP contribution in [0.3, 0.4) is 0 Å². The third-order valence-corrected chi connectivity index (χ3v) is 6.61. The summed E-state index contributed by atoms with van der Waals surface area (Å²) in [5.41, 5.74) is 2.97. The highest BCUT2D eigenvalue weighted by molar-refractivity contribution is 7.09. The van der Waals surface area contributed by atoms with Gasteiger partial charge in [0.1, 0.15) is 0 Å². The van der Waals surface area contributed by atoms with E-state index < -0.39 is 0 Å². The van der Waals surface area contributed by atoms with Crippen LogP contribution in [0.4, 0.5) is 0 Å².